The van der Waals surface area contributed by atoms with Crippen molar-refractivity contribution in [2.75, 3.05) is 19.6 Å². The zero-order valence-corrected chi connectivity index (χ0v) is 10.4. The van der Waals surface area contributed by atoms with E-state index in [0.29, 0.717) is 6.42 Å². The molecule has 2 N–H and O–H groups in total. The molecule has 0 amide bonds. The van der Waals surface area contributed by atoms with Gasteiger partial charge in [0.1, 0.15) is 0 Å². The zero-order valence-electron chi connectivity index (χ0n) is 10.4. The lowest BCUT2D eigenvalue weighted by atomic mass is 10.0. The Morgan fingerprint density at radius 1 is 1.24 bits per heavy atom. The molecule has 1 atom stereocenters. The number of benzene rings is 1. The van der Waals surface area contributed by atoms with Gasteiger partial charge in [0.05, 0.1) is 0 Å². The topological polar surface area (TPSA) is 29.3 Å². The van der Waals surface area contributed by atoms with Crippen molar-refractivity contribution in [3.63, 3.8) is 0 Å². The summed E-state index contributed by atoms with van der Waals surface area (Å²) in [6, 6.07) is 3.69. The third-order valence-corrected chi connectivity index (χ3v) is 3.03. The Kier molecular flexibility index (Phi) is 5.51. The van der Waals surface area contributed by atoms with Crippen LogP contribution in [0.2, 0.25) is 0 Å². The molecule has 0 heterocycles. The van der Waals surface area contributed by atoms with E-state index in [-0.39, 0.29) is 5.56 Å². The average Bonchev–Trinajstić information content (AvgIpc) is 2.33. The summed E-state index contributed by atoms with van der Waals surface area (Å²) in [5, 5.41) is 0. The highest BCUT2D eigenvalue weighted by molar-refractivity contribution is 5.22. The highest BCUT2D eigenvalue weighted by Gasteiger charge is 2.15. The van der Waals surface area contributed by atoms with E-state index in [1.807, 2.05) is 0 Å². The smallest absolute Gasteiger partial charge is 0.163 e. The third-order valence-electron chi connectivity index (χ3n) is 3.03. The van der Waals surface area contributed by atoms with Gasteiger partial charge in [-0.2, -0.15) is 0 Å². The maximum Gasteiger partial charge on any atom is 0.163 e. The van der Waals surface area contributed by atoms with E-state index < -0.39 is 17.7 Å². The van der Waals surface area contributed by atoms with E-state index in [1.165, 1.54) is 6.07 Å². The molecule has 1 rings (SSSR count). The minimum Gasteiger partial charge on any atom is -0.324 e. The first-order chi connectivity index (χ1) is 8.10. The Hall–Kier alpha value is -1.00. The molecule has 2 nitrogen and oxygen atoms in total. The van der Waals surface area contributed by atoms with Gasteiger partial charge in [-0.3, -0.25) is 0 Å². The van der Waals surface area contributed by atoms with E-state index in [0.717, 1.165) is 25.7 Å². The molecule has 0 bridgehead atoms. The Morgan fingerprint density at radius 2 is 1.88 bits per heavy atom. The summed E-state index contributed by atoms with van der Waals surface area (Å²) in [5.74, 6) is -1.65. The first-order valence-corrected chi connectivity index (χ1v) is 6.02. The fourth-order valence-corrected chi connectivity index (χ4v) is 1.82. The van der Waals surface area contributed by atoms with Crippen molar-refractivity contribution in [3.05, 3.63) is 35.4 Å². The predicted octanol–water partition coefficient (Wildman–Crippen LogP) is 2.70. The van der Waals surface area contributed by atoms with Crippen molar-refractivity contribution >= 4 is 0 Å². The monoisotopic (exact) mass is 242 g/mol. The van der Waals surface area contributed by atoms with Crippen LogP contribution >= 0.6 is 0 Å². The van der Waals surface area contributed by atoms with Crippen LogP contribution < -0.4 is 5.73 Å². The maximum absolute atomic E-state index is 13.5. The molecule has 1 unspecified atom stereocenters. The molecule has 0 saturated carbocycles. The van der Waals surface area contributed by atoms with Crippen LogP contribution in [0.5, 0.6) is 0 Å². The van der Waals surface area contributed by atoms with E-state index in [4.69, 9.17) is 5.73 Å². The standard InChI is InChI=1S/C13H20F2N2/c1-3-17(4-2)9-8-12(16)10-6-5-7-11(14)13(10)15/h5-7,12H,3-4,8-9,16H2,1-2H3. The first kappa shape index (κ1) is 14.1. The van der Waals surface area contributed by atoms with Gasteiger partial charge >= 0.3 is 0 Å². The van der Waals surface area contributed by atoms with Crippen molar-refractivity contribution in [2.24, 2.45) is 5.73 Å². The summed E-state index contributed by atoms with van der Waals surface area (Å²) in [7, 11) is 0. The van der Waals surface area contributed by atoms with Gasteiger partial charge in [-0.1, -0.05) is 26.0 Å². The lowest BCUT2D eigenvalue weighted by Crippen LogP contribution is -2.27. The van der Waals surface area contributed by atoms with Gasteiger partial charge in [-0.15, -0.1) is 0 Å². The summed E-state index contributed by atoms with van der Waals surface area (Å²) in [5.41, 5.74) is 6.15. The third kappa shape index (κ3) is 3.75. The molecule has 1 aromatic carbocycles. The van der Waals surface area contributed by atoms with E-state index >= 15 is 0 Å². The summed E-state index contributed by atoms with van der Waals surface area (Å²) in [6.07, 6.45) is 0.627. The van der Waals surface area contributed by atoms with Crippen molar-refractivity contribution in [2.45, 2.75) is 26.3 Å². The summed E-state index contributed by atoms with van der Waals surface area (Å²) in [6.45, 7) is 6.81. The fourth-order valence-electron chi connectivity index (χ4n) is 1.82. The SMILES string of the molecule is CCN(CC)CCC(N)c1cccc(F)c1F. The number of nitrogens with zero attached hydrogens (tertiary/aromatic N) is 1. The summed E-state index contributed by atoms with van der Waals surface area (Å²) >= 11 is 0. The summed E-state index contributed by atoms with van der Waals surface area (Å²) < 4.78 is 26.5. The number of rotatable bonds is 6. The van der Waals surface area contributed by atoms with Gasteiger partial charge in [-0.25, -0.2) is 8.78 Å². The highest BCUT2D eigenvalue weighted by Crippen LogP contribution is 2.20. The number of hydrogen-bond donors (Lipinski definition) is 1. The first-order valence-electron chi connectivity index (χ1n) is 6.02. The molecule has 0 fully saturated rings. The molecule has 0 aliphatic carbocycles. The van der Waals surface area contributed by atoms with Crippen molar-refractivity contribution in [1.29, 1.82) is 0 Å². The Bertz CT molecular complexity index is 351. The molecule has 96 valence electrons. The maximum atomic E-state index is 13.5. The van der Waals surface area contributed by atoms with Gasteiger partial charge in [-0.05, 0) is 32.1 Å². The van der Waals surface area contributed by atoms with Gasteiger partial charge in [0, 0.05) is 11.6 Å². The Balaban J connectivity index is 2.63. The average molecular weight is 242 g/mol. The van der Waals surface area contributed by atoms with Gasteiger partial charge in [0.25, 0.3) is 0 Å². The second-order valence-electron chi connectivity index (χ2n) is 4.07. The van der Waals surface area contributed by atoms with Gasteiger partial charge in [0.2, 0.25) is 0 Å². The van der Waals surface area contributed by atoms with Crippen LogP contribution in [0.1, 0.15) is 31.9 Å². The van der Waals surface area contributed by atoms with Crippen LogP contribution in [0, 0.1) is 11.6 Å². The summed E-state index contributed by atoms with van der Waals surface area (Å²) in [4.78, 5) is 2.21. The Morgan fingerprint density at radius 3 is 2.47 bits per heavy atom. The van der Waals surface area contributed by atoms with Crippen LogP contribution in [0.15, 0.2) is 18.2 Å². The second-order valence-corrected chi connectivity index (χ2v) is 4.07. The van der Waals surface area contributed by atoms with Crippen LogP contribution in [0.25, 0.3) is 0 Å². The van der Waals surface area contributed by atoms with E-state index in [1.54, 1.807) is 6.07 Å². The van der Waals surface area contributed by atoms with Crippen LogP contribution in [-0.4, -0.2) is 24.5 Å². The molecule has 0 saturated heterocycles. The zero-order chi connectivity index (χ0) is 12.8. The number of hydrogen-bond acceptors (Lipinski definition) is 2. The minimum absolute atomic E-state index is 0.261. The van der Waals surface area contributed by atoms with Gasteiger partial charge in [0.15, 0.2) is 11.6 Å². The molecule has 0 aromatic heterocycles. The fraction of sp³-hybridized carbons (Fsp3) is 0.538. The number of nitrogens with two attached hydrogens (primary N) is 1. The normalized spacial score (nSPS) is 13.1. The molecule has 4 heteroatoms. The molecule has 1 aromatic rings. The van der Waals surface area contributed by atoms with Crippen molar-refractivity contribution in [1.82, 2.24) is 4.90 Å². The second kappa shape index (κ2) is 6.67. The highest BCUT2D eigenvalue weighted by atomic mass is 19.2. The largest absolute Gasteiger partial charge is 0.324 e. The van der Waals surface area contributed by atoms with E-state index in [2.05, 4.69) is 18.7 Å². The van der Waals surface area contributed by atoms with Gasteiger partial charge < -0.3 is 10.6 Å². The predicted molar refractivity (Wildman–Crippen MR) is 65.7 cm³/mol. The lowest BCUT2D eigenvalue weighted by Gasteiger charge is -2.21. The van der Waals surface area contributed by atoms with Crippen molar-refractivity contribution in [3.8, 4) is 0 Å². The number of halogens is 2. The lowest BCUT2D eigenvalue weighted by molar-refractivity contribution is 0.289. The van der Waals surface area contributed by atoms with Crippen molar-refractivity contribution < 1.29 is 8.78 Å². The van der Waals surface area contributed by atoms with Crippen LogP contribution in [0.3, 0.4) is 0 Å². The van der Waals surface area contributed by atoms with E-state index in [9.17, 15) is 8.78 Å². The quantitative estimate of drug-likeness (QED) is 0.831. The molecule has 17 heavy (non-hydrogen) atoms. The minimum atomic E-state index is -0.833. The van der Waals surface area contributed by atoms with Crippen LogP contribution in [-0.2, 0) is 0 Å². The Labute approximate surface area is 101 Å². The molecule has 0 aliphatic heterocycles. The van der Waals surface area contributed by atoms with Crippen LogP contribution in [0.4, 0.5) is 8.78 Å². The molecule has 0 spiro atoms. The molecule has 0 radical (unpaired) electrons. The molecular formula is C13H20F2N2. The molecule has 0 aliphatic rings. The molecular weight excluding hydrogens is 222 g/mol.